The first kappa shape index (κ1) is 16.7. The predicted octanol–water partition coefficient (Wildman–Crippen LogP) is 5.56. The van der Waals surface area contributed by atoms with E-state index in [0.29, 0.717) is 17.7 Å². The van der Waals surface area contributed by atoms with Crippen molar-refractivity contribution in [2.24, 2.45) is 0 Å². The number of ketones is 1. The van der Waals surface area contributed by atoms with Gasteiger partial charge in [-0.1, -0.05) is 72.4 Å². The summed E-state index contributed by atoms with van der Waals surface area (Å²) in [4.78, 5) is 26.1. The molecule has 3 aromatic rings. The van der Waals surface area contributed by atoms with Crippen LogP contribution in [-0.4, -0.2) is 16.7 Å². The summed E-state index contributed by atoms with van der Waals surface area (Å²) < 4.78 is 0. The van der Waals surface area contributed by atoms with Gasteiger partial charge in [-0.15, -0.1) is 11.3 Å². The Kier molecular flexibility index (Phi) is 5.62. The van der Waals surface area contributed by atoms with Crippen LogP contribution in [0, 0.1) is 0 Å². The van der Waals surface area contributed by atoms with Crippen LogP contribution in [0.15, 0.2) is 72.8 Å². The van der Waals surface area contributed by atoms with E-state index < -0.39 is 0 Å². The molecule has 0 fully saturated rings. The minimum Gasteiger partial charge on any atom is -0.293 e. The number of rotatable bonds is 6. The minimum atomic E-state index is 0.0135. The van der Waals surface area contributed by atoms with Crippen molar-refractivity contribution in [1.29, 1.82) is 0 Å². The Labute approximate surface area is 149 Å². The van der Waals surface area contributed by atoms with Gasteiger partial charge < -0.3 is 0 Å². The zero-order valence-corrected chi connectivity index (χ0v) is 14.6. The van der Waals surface area contributed by atoms with Gasteiger partial charge in [-0.3, -0.25) is 9.59 Å². The molecule has 0 radical (unpaired) electrons. The summed E-state index contributed by atoms with van der Waals surface area (Å²) >= 11 is 2.71. The van der Waals surface area contributed by atoms with Crippen molar-refractivity contribution in [3.05, 3.63) is 83.2 Å². The van der Waals surface area contributed by atoms with Crippen LogP contribution in [-0.2, 0) is 0 Å². The largest absolute Gasteiger partial charge is 0.293 e. The van der Waals surface area contributed by atoms with E-state index in [0.717, 1.165) is 15.3 Å². The molecule has 1 aromatic heterocycles. The molecule has 0 bridgehead atoms. The van der Waals surface area contributed by atoms with Crippen molar-refractivity contribution >= 4 is 34.0 Å². The average Bonchev–Trinajstić information content (AvgIpc) is 3.13. The maximum Gasteiger partial charge on any atom is 0.219 e. The predicted molar refractivity (Wildman–Crippen MR) is 102 cm³/mol. The fraction of sp³-hybridized carbons (Fsp3) is 0.100. The molecule has 3 rings (SSSR count). The molecule has 0 aliphatic rings. The summed E-state index contributed by atoms with van der Waals surface area (Å²) in [5.41, 5.74) is 1.80. The average molecular weight is 352 g/mol. The molecule has 4 heteroatoms. The summed E-state index contributed by atoms with van der Waals surface area (Å²) in [7, 11) is 0. The monoisotopic (exact) mass is 352 g/mol. The number of thiophene rings is 1. The zero-order valence-electron chi connectivity index (χ0n) is 13.0. The summed E-state index contributed by atoms with van der Waals surface area (Å²) in [5, 5.41) is 0.0135. The van der Waals surface area contributed by atoms with Gasteiger partial charge >= 0.3 is 0 Å². The Morgan fingerprint density at radius 1 is 0.833 bits per heavy atom. The van der Waals surface area contributed by atoms with Crippen molar-refractivity contribution in [3.63, 3.8) is 0 Å². The lowest BCUT2D eigenvalue weighted by Crippen LogP contribution is -2.00. The topological polar surface area (TPSA) is 34.1 Å². The third-order valence-corrected chi connectivity index (χ3v) is 5.59. The first-order valence-electron chi connectivity index (χ1n) is 7.64. The van der Waals surface area contributed by atoms with Gasteiger partial charge in [-0.25, -0.2) is 0 Å². The minimum absolute atomic E-state index is 0.0135. The van der Waals surface area contributed by atoms with Gasteiger partial charge in [0, 0.05) is 22.6 Å². The molecule has 1 heterocycles. The van der Waals surface area contributed by atoms with Crippen LogP contribution in [0.5, 0.6) is 0 Å². The van der Waals surface area contributed by atoms with Gasteiger partial charge in [0.15, 0.2) is 5.78 Å². The quantitative estimate of drug-likeness (QED) is 0.545. The van der Waals surface area contributed by atoms with E-state index in [2.05, 4.69) is 0 Å². The third-order valence-electron chi connectivity index (χ3n) is 3.51. The van der Waals surface area contributed by atoms with Gasteiger partial charge in [0.25, 0.3) is 0 Å². The lowest BCUT2D eigenvalue weighted by Gasteiger charge is -2.00. The molecule has 0 atom stereocenters. The highest BCUT2D eigenvalue weighted by atomic mass is 32.2. The summed E-state index contributed by atoms with van der Waals surface area (Å²) in [5.74, 6) is 0.598. The van der Waals surface area contributed by atoms with Crippen LogP contribution in [0.2, 0.25) is 0 Å². The lowest BCUT2D eigenvalue weighted by atomic mass is 10.2. The number of hydrogen-bond acceptors (Lipinski definition) is 4. The van der Waals surface area contributed by atoms with Crippen molar-refractivity contribution < 1.29 is 9.59 Å². The van der Waals surface area contributed by atoms with E-state index in [9.17, 15) is 9.59 Å². The van der Waals surface area contributed by atoms with E-state index in [1.165, 1.54) is 23.1 Å². The third kappa shape index (κ3) is 4.22. The molecule has 0 saturated carbocycles. The second-order valence-corrected chi connectivity index (χ2v) is 7.36. The molecule has 120 valence electrons. The number of benzene rings is 2. The standard InChI is InChI=1S/C20H16O2S2/c21-17(13-14-23-20(22)16-9-5-2-6-10-16)19-12-11-18(24-19)15-7-3-1-4-8-15/h1-12H,13-14H2. The van der Waals surface area contributed by atoms with Crippen LogP contribution in [0.25, 0.3) is 10.4 Å². The number of carbonyl (C=O) groups excluding carboxylic acids is 2. The van der Waals surface area contributed by atoms with Crippen LogP contribution < -0.4 is 0 Å². The van der Waals surface area contributed by atoms with Gasteiger partial charge in [-0.05, 0) is 17.7 Å². The molecule has 0 aliphatic carbocycles. The molecular weight excluding hydrogens is 336 g/mol. The van der Waals surface area contributed by atoms with Gasteiger partial charge in [-0.2, -0.15) is 0 Å². The van der Waals surface area contributed by atoms with Crippen molar-refractivity contribution in [1.82, 2.24) is 0 Å². The molecule has 0 N–H and O–H groups in total. The molecule has 2 nitrogen and oxygen atoms in total. The second-order valence-electron chi connectivity index (χ2n) is 5.21. The first-order chi connectivity index (χ1) is 11.7. The molecule has 0 saturated heterocycles. The summed E-state index contributed by atoms with van der Waals surface area (Å²) in [6, 6.07) is 23.0. The van der Waals surface area contributed by atoms with Gasteiger partial charge in [0.05, 0.1) is 4.88 Å². The Morgan fingerprint density at radius 3 is 2.21 bits per heavy atom. The van der Waals surface area contributed by atoms with E-state index >= 15 is 0 Å². The number of Topliss-reactive ketones (excluding diaryl/α,β-unsaturated/α-hetero) is 1. The zero-order chi connectivity index (χ0) is 16.8. The molecule has 0 aliphatic heterocycles. The number of carbonyl (C=O) groups is 2. The normalized spacial score (nSPS) is 10.5. The fourth-order valence-corrected chi connectivity index (χ4v) is 4.02. The highest BCUT2D eigenvalue weighted by Crippen LogP contribution is 2.28. The molecule has 24 heavy (non-hydrogen) atoms. The van der Waals surface area contributed by atoms with Crippen LogP contribution >= 0.6 is 23.1 Å². The molecular formula is C20H16O2S2. The SMILES string of the molecule is O=C(SCCC(=O)c1ccc(-c2ccccc2)s1)c1ccccc1. The maximum absolute atomic E-state index is 12.3. The maximum atomic E-state index is 12.3. The molecule has 0 unspecified atom stereocenters. The van der Waals surface area contributed by atoms with Gasteiger partial charge in [0.1, 0.15) is 0 Å². The van der Waals surface area contributed by atoms with Crippen LogP contribution in [0.3, 0.4) is 0 Å². The first-order valence-corrected chi connectivity index (χ1v) is 9.45. The number of hydrogen-bond donors (Lipinski definition) is 0. The summed E-state index contributed by atoms with van der Waals surface area (Å²) in [6.07, 6.45) is 0.373. The van der Waals surface area contributed by atoms with Crippen LogP contribution in [0.1, 0.15) is 26.5 Å². The summed E-state index contributed by atoms with van der Waals surface area (Å²) in [6.45, 7) is 0. The van der Waals surface area contributed by atoms with Gasteiger partial charge in [0.2, 0.25) is 5.12 Å². The smallest absolute Gasteiger partial charge is 0.219 e. The van der Waals surface area contributed by atoms with E-state index in [1.54, 1.807) is 12.1 Å². The fourth-order valence-electron chi connectivity index (χ4n) is 2.26. The Morgan fingerprint density at radius 2 is 1.50 bits per heavy atom. The molecule has 0 amide bonds. The highest BCUT2D eigenvalue weighted by molar-refractivity contribution is 8.14. The Balaban J connectivity index is 1.54. The van der Waals surface area contributed by atoms with Crippen molar-refractivity contribution in [2.45, 2.75) is 6.42 Å². The number of thioether (sulfide) groups is 1. The molecule has 0 spiro atoms. The highest BCUT2D eigenvalue weighted by Gasteiger charge is 2.12. The van der Waals surface area contributed by atoms with Crippen LogP contribution in [0.4, 0.5) is 0 Å². The van der Waals surface area contributed by atoms with E-state index in [-0.39, 0.29) is 10.9 Å². The second kappa shape index (κ2) is 8.08. The van der Waals surface area contributed by atoms with E-state index in [4.69, 9.17) is 0 Å². The lowest BCUT2D eigenvalue weighted by molar-refractivity contribution is 0.0993. The Hall–Kier alpha value is -2.17. The van der Waals surface area contributed by atoms with Crippen molar-refractivity contribution in [2.75, 3.05) is 5.75 Å². The molecule has 2 aromatic carbocycles. The Bertz CT molecular complexity index is 823. The van der Waals surface area contributed by atoms with E-state index in [1.807, 2.05) is 60.7 Å². The van der Waals surface area contributed by atoms with Crippen molar-refractivity contribution in [3.8, 4) is 10.4 Å².